The van der Waals surface area contributed by atoms with Crippen LogP contribution in [0.25, 0.3) is 0 Å². The third-order valence-electron chi connectivity index (χ3n) is 1.07. The summed E-state index contributed by atoms with van der Waals surface area (Å²) in [5.74, 6) is 0. The lowest BCUT2D eigenvalue weighted by molar-refractivity contribution is 0.342. The second-order valence-corrected chi connectivity index (χ2v) is 1.85. The third-order valence-corrected chi connectivity index (χ3v) is 1.07. The molecule has 8 heavy (non-hydrogen) atoms. The molecular formula is C6H10O2. The highest BCUT2D eigenvalue weighted by molar-refractivity contribution is 4.87. The van der Waals surface area contributed by atoms with Crippen LogP contribution < -0.4 is 0 Å². The normalized spacial score (nSPS) is 26.9. The third kappa shape index (κ3) is 2.09. The van der Waals surface area contributed by atoms with Crippen LogP contribution in [0.2, 0.25) is 0 Å². The van der Waals surface area contributed by atoms with Crippen LogP contribution in [0.3, 0.4) is 0 Å². The molecule has 0 aromatic carbocycles. The van der Waals surface area contributed by atoms with Crippen molar-refractivity contribution in [1.82, 2.24) is 0 Å². The standard InChI is InChI=1S/C6H10O2/c7-4-2-1-3-6-5-8-6/h1-2,6-7H,3-5H2. The average Bonchev–Trinajstić information content (AvgIpc) is 2.51. The van der Waals surface area contributed by atoms with Crippen LogP contribution in [0.1, 0.15) is 6.42 Å². The summed E-state index contributed by atoms with van der Waals surface area (Å²) in [6.07, 6.45) is 5.10. The molecule has 0 aliphatic carbocycles. The maximum atomic E-state index is 8.27. The van der Waals surface area contributed by atoms with Crippen molar-refractivity contribution in [3.05, 3.63) is 12.2 Å². The number of rotatable bonds is 3. The monoisotopic (exact) mass is 114 g/mol. The minimum Gasteiger partial charge on any atom is -0.392 e. The van der Waals surface area contributed by atoms with Crippen molar-refractivity contribution in [1.29, 1.82) is 0 Å². The highest BCUT2D eigenvalue weighted by atomic mass is 16.6. The lowest BCUT2D eigenvalue weighted by Crippen LogP contribution is -1.79. The molecule has 2 heteroatoms. The van der Waals surface area contributed by atoms with E-state index in [1.165, 1.54) is 0 Å². The van der Waals surface area contributed by atoms with E-state index in [0.717, 1.165) is 13.0 Å². The topological polar surface area (TPSA) is 32.8 Å². The maximum Gasteiger partial charge on any atom is 0.0844 e. The molecule has 1 heterocycles. The Morgan fingerprint density at radius 1 is 1.62 bits per heavy atom. The fourth-order valence-corrected chi connectivity index (χ4v) is 0.527. The summed E-state index contributed by atoms with van der Waals surface area (Å²) in [5, 5.41) is 8.27. The smallest absolute Gasteiger partial charge is 0.0844 e. The number of aliphatic hydroxyl groups excluding tert-OH is 1. The lowest BCUT2D eigenvalue weighted by atomic mass is 10.3. The SMILES string of the molecule is OCC=CCC1CO1. The van der Waals surface area contributed by atoms with Gasteiger partial charge in [0.15, 0.2) is 0 Å². The van der Waals surface area contributed by atoms with E-state index in [4.69, 9.17) is 9.84 Å². The maximum absolute atomic E-state index is 8.27. The number of hydrogen-bond donors (Lipinski definition) is 1. The Labute approximate surface area is 48.8 Å². The molecule has 1 fully saturated rings. The first-order chi connectivity index (χ1) is 3.93. The van der Waals surface area contributed by atoms with Gasteiger partial charge in [0.1, 0.15) is 0 Å². The van der Waals surface area contributed by atoms with Crippen molar-refractivity contribution in [2.75, 3.05) is 13.2 Å². The molecule has 46 valence electrons. The molecule has 0 aromatic heterocycles. The van der Waals surface area contributed by atoms with Crippen LogP contribution in [0.5, 0.6) is 0 Å². The molecule has 0 saturated carbocycles. The van der Waals surface area contributed by atoms with E-state index in [-0.39, 0.29) is 6.61 Å². The molecule has 1 saturated heterocycles. The highest BCUT2D eigenvalue weighted by Crippen LogP contribution is 2.12. The van der Waals surface area contributed by atoms with Gasteiger partial charge in [0.05, 0.1) is 19.3 Å². The first kappa shape index (κ1) is 5.79. The predicted octanol–water partition coefficient (Wildman–Crippen LogP) is 0.324. The van der Waals surface area contributed by atoms with Gasteiger partial charge in [0.25, 0.3) is 0 Å². The average molecular weight is 114 g/mol. The van der Waals surface area contributed by atoms with E-state index in [0.29, 0.717) is 6.10 Å². The fraction of sp³-hybridized carbons (Fsp3) is 0.667. The van der Waals surface area contributed by atoms with Gasteiger partial charge >= 0.3 is 0 Å². The molecule has 1 unspecified atom stereocenters. The number of ether oxygens (including phenoxy) is 1. The van der Waals surface area contributed by atoms with Crippen LogP contribution in [-0.4, -0.2) is 24.4 Å². The Kier molecular flexibility index (Phi) is 2.06. The van der Waals surface area contributed by atoms with Crippen LogP contribution >= 0.6 is 0 Å². The largest absolute Gasteiger partial charge is 0.392 e. The van der Waals surface area contributed by atoms with Crippen molar-refractivity contribution in [2.24, 2.45) is 0 Å². The zero-order valence-corrected chi connectivity index (χ0v) is 4.71. The Morgan fingerprint density at radius 2 is 2.38 bits per heavy atom. The molecule has 1 atom stereocenters. The molecule has 1 aliphatic rings. The summed E-state index contributed by atoms with van der Waals surface area (Å²) in [4.78, 5) is 0. The Bertz CT molecular complexity index is 84.5. The Balaban J connectivity index is 1.93. The minimum atomic E-state index is 0.146. The molecule has 1 aliphatic heterocycles. The van der Waals surface area contributed by atoms with Crippen molar-refractivity contribution < 1.29 is 9.84 Å². The van der Waals surface area contributed by atoms with Gasteiger partial charge in [-0.1, -0.05) is 12.2 Å². The van der Waals surface area contributed by atoms with Gasteiger partial charge in [-0.3, -0.25) is 0 Å². The molecule has 2 nitrogen and oxygen atoms in total. The van der Waals surface area contributed by atoms with E-state index >= 15 is 0 Å². The molecule has 1 N–H and O–H groups in total. The molecular weight excluding hydrogens is 104 g/mol. The second kappa shape index (κ2) is 2.84. The van der Waals surface area contributed by atoms with Crippen LogP contribution in [-0.2, 0) is 4.74 Å². The number of aliphatic hydroxyl groups is 1. The summed E-state index contributed by atoms with van der Waals surface area (Å²) in [5.41, 5.74) is 0. The second-order valence-electron chi connectivity index (χ2n) is 1.85. The quantitative estimate of drug-likeness (QED) is 0.423. The predicted molar refractivity (Wildman–Crippen MR) is 30.6 cm³/mol. The van der Waals surface area contributed by atoms with Gasteiger partial charge < -0.3 is 9.84 Å². The van der Waals surface area contributed by atoms with Crippen molar-refractivity contribution in [3.63, 3.8) is 0 Å². The Hall–Kier alpha value is -0.340. The van der Waals surface area contributed by atoms with Crippen molar-refractivity contribution in [2.45, 2.75) is 12.5 Å². The first-order valence-electron chi connectivity index (χ1n) is 2.81. The summed E-state index contributed by atoms with van der Waals surface area (Å²) in [6, 6.07) is 0. The zero-order valence-electron chi connectivity index (χ0n) is 4.71. The van der Waals surface area contributed by atoms with Crippen LogP contribution in [0, 0.1) is 0 Å². The van der Waals surface area contributed by atoms with Gasteiger partial charge in [-0.2, -0.15) is 0 Å². The Morgan fingerprint density at radius 3 is 2.88 bits per heavy atom. The molecule has 0 radical (unpaired) electrons. The summed E-state index contributed by atoms with van der Waals surface area (Å²) >= 11 is 0. The molecule has 1 rings (SSSR count). The van der Waals surface area contributed by atoms with Gasteiger partial charge in [0, 0.05) is 0 Å². The molecule has 0 amide bonds. The zero-order chi connectivity index (χ0) is 5.82. The fourth-order valence-electron chi connectivity index (χ4n) is 0.527. The number of hydrogen-bond acceptors (Lipinski definition) is 2. The van der Waals surface area contributed by atoms with Gasteiger partial charge in [-0.15, -0.1) is 0 Å². The van der Waals surface area contributed by atoms with Crippen LogP contribution in [0.4, 0.5) is 0 Å². The van der Waals surface area contributed by atoms with E-state index in [2.05, 4.69) is 0 Å². The summed E-state index contributed by atoms with van der Waals surface area (Å²) < 4.78 is 4.92. The summed E-state index contributed by atoms with van der Waals surface area (Å²) in [7, 11) is 0. The number of epoxide rings is 1. The van der Waals surface area contributed by atoms with E-state index in [1.54, 1.807) is 6.08 Å². The first-order valence-corrected chi connectivity index (χ1v) is 2.81. The van der Waals surface area contributed by atoms with E-state index in [9.17, 15) is 0 Å². The minimum absolute atomic E-state index is 0.146. The van der Waals surface area contributed by atoms with Crippen LogP contribution in [0.15, 0.2) is 12.2 Å². The van der Waals surface area contributed by atoms with Gasteiger partial charge in [-0.25, -0.2) is 0 Å². The molecule has 0 spiro atoms. The molecule has 0 bridgehead atoms. The van der Waals surface area contributed by atoms with Crippen molar-refractivity contribution >= 4 is 0 Å². The van der Waals surface area contributed by atoms with Crippen molar-refractivity contribution in [3.8, 4) is 0 Å². The van der Waals surface area contributed by atoms with E-state index < -0.39 is 0 Å². The highest BCUT2D eigenvalue weighted by Gasteiger charge is 2.19. The molecule has 0 aromatic rings. The van der Waals surface area contributed by atoms with Gasteiger partial charge in [-0.05, 0) is 6.42 Å². The van der Waals surface area contributed by atoms with Gasteiger partial charge in [0.2, 0.25) is 0 Å². The summed E-state index contributed by atoms with van der Waals surface area (Å²) in [6.45, 7) is 1.04. The lowest BCUT2D eigenvalue weighted by Gasteiger charge is -1.80. The van der Waals surface area contributed by atoms with E-state index in [1.807, 2.05) is 6.08 Å².